The molecule has 4 rings (SSSR count). The first kappa shape index (κ1) is 31.6. The van der Waals surface area contributed by atoms with Crippen molar-refractivity contribution < 1.29 is 14.0 Å². The number of hydrogen-bond acceptors (Lipinski definition) is 3. The molecular weight excluding hydrogens is 461 g/mol. The number of halogens is 1. The van der Waals surface area contributed by atoms with Crippen molar-refractivity contribution in [2.24, 2.45) is 5.16 Å². The lowest BCUT2D eigenvalue weighted by Crippen LogP contribution is -2.14. The summed E-state index contributed by atoms with van der Waals surface area (Å²) in [7, 11) is 0. The molecule has 2 aromatic carbocycles. The lowest BCUT2D eigenvalue weighted by molar-refractivity contribution is 0.230. The Morgan fingerprint density at radius 3 is 2.30 bits per heavy atom. The summed E-state index contributed by atoms with van der Waals surface area (Å²) in [6.45, 7) is 16.1. The van der Waals surface area contributed by atoms with Crippen molar-refractivity contribution in [1.29, 1.82) is 0 Å². The first-order valence-corrected chi connectivity index (χ1v) is 13.5. The zero-order chi connectivity index (χ0) is 27.6. The molecule has 0 fully saturated rings. The van der Waals surface area contributed by atoms with E-state index in [1.807, 2.05) is 90.1 Å². The van der Waals surface area contributed by atoms with Gasteiger partial charge in [-0.2, -0.15) is 0 Å². The molecule has 1 aliphatic carbocycles. The second-order valence-electron chi connectivity index (χ2n) is 7.98. The highest BCUT2D eigenvalue weighted by atomic mass is 19.1. The lowest BCUT2D eigenvalue weighted by Gasteiger charge is -2.14. The average Bonchev–Trinajstić information content (AvgIpc) is 3.30. The van der Waals surface area contributed by atoms with Crippen LogP contribution < -0.4 is 4.74 Å². The monoisotopic (exact) mass is 505 g/mol. The van der Waals surface area contributed by atoms with E-state index in [0.29, 0.717) is 6.42 Å². The van der Waals surface area contributed by atoms with E-state index < -0.39 is 0 Å². The van der Waals surface area contributed by atoms with Gasteiger partial charge in [0, 0.05) is 17.6 Å². The highest BCUT2D eigenvalue weighted by molar-refractivity contribution is 6.09. The molecule has 4 heteroatoms. The normalized spacial score (nSPS) is 15.8. The minimum absolute atomic E-state index is 0.103. The number of ether oxygens (including phenoxy) is 1. The predicted octanol–water partition coefficient (Wildman–Crippen LogP) is 10.2. The van der Waals surface area contributed by atoms with Crippen LogP contribution in [0.1, 0.15) is 84.4 Å². The van der Waals surface area contributed by atoms with Crippen LogP contribution in [0.5, 0.6) is 5.75 Å². The summed E-state index contributed by atoms with van der Waals surface area (Å²) >= 11 is 0. The van der Waals surface area contributed by atoms with Gasteiger partial charge in [-0.3, -0.25) is 0 Å². The van der Waals surface area contributed by atoms with Gasteiger partial charge in [0.25, 0.3) is 0 Å². The predicted molar refractivity (Wildman–Crippen MR) is 158 cm³/mol. The minimum Gasteiger partial charge on any atom is -0.484 e. The largest absolute Gasteiger partial charge is 0.484 e. The number of nitrogens with zero attached hydrogens (tertiary/aromatic N) is 1. The molecule has 1 unspecified atom stereocenters. The molecule has 200 valence electrons. The number of para-hydroxylation sites is 1. The molecule has 0 aromatic heterocycles. The molecule has 0 N–H and O–H groups in total. The van der Waals surface area contributed by atoms with Crippen molar-refractivity contribution in [3.8, 4) is 5.75 Å². The van der Waals surface area contributed by atoms with Crippen molar-refractivity contribution >= 4 is 17.4 Å². The molecule has 3 nitrogen and oxygen atoms in total. The molecule has 37 heavy (non-hydrogen) atoms. The van der Waals surface area contributed by atoms with Gasteiger partial charge in [-0.1, -0.05) is 107 Å². The second kappa shape index (κ2) is 17.9. The molecule has 0 saturated carbocycles. The van der Waals surface area contributed by atoms with E-state index >= 15 is 0 Å². The van der Waals surface area contributed by atoms with Gasteiger partial charge in [-0.15, -0.1) is 0 Å². The Morgan fingerprint density at radius 2 is 1.65 bits per heavy atom. The van der Waals surface area contributed by atoms with Gasteiger partial charge < -0.3 is 9.57 Å². The fourth-order valence-corrected chi connectivity index (χ4v) is 3.78. The van der Waals surface area contributed by atoms with Crippen LogP contribution in [0.25, 0.3) is 11.1 Å². The van der Waals surface area contributed by atoms with Crippen LogP contribution in [0.15, 0.2) is 89.6 Å². The van der Waals surface area contributed by atoms with Gasteiger partial charge in [0.15, 0.2) is 0 Å². The summed E-state index contributed by atoms with van der Waals surface area (Å²) < 4.78 is 18.8. The Labute approximate surface area is 224 Å². The molecule has 0 saturated heterocycles. The number of hydrogen-bond donors (Lipinski definition) is 0. The number of allylic oxidation sites excluding steroid dienone is 6. The average molecular weight is 506 g/mol. The van der Waals surface area contributed by atoms with Crippen LogP contribution in [0, 0.1) is 6.92 Å². The zero-order valence-electron chi connectivity index (χ0n) is 23.8. The first-order valence-electron chi connectivity index (χ1n) is 13.5. The third kappa shape index (κ3) is 9.87. The van der Waals surface area contributed by atoms with Gasteiger partial charge in [-0.25, -0.2) is 4.39 Å². The molecule has 1 aliphatic heterocycles. The molecule has 0 radical (unpaired) electrons. The molecule has 1 heterocycles. The Bertz CT molecular complexity index is 1090. The van der Waals surface area contributed by atoms with E-state index in [-0.39, 0.29) is 11.9 Å². The lowest BCUT2D eigenvalue weighted by atomic mass is 9.95. The first-order chi connectivity index (χ1) is 18.0. The van der Waals surface area contributed by atoms with Crippen LogP contribution >= 0.6 is 0 Å². The van der Waals surface area contributed by atoms with Crippen LogP contribution in [-0.2, 0) is 4.84 Å². The quantitative estimate of drug-likeness (QED) is 0.222. The Balaban J connectivity index is 0.000000329. The third-order valence-electron chi connectivity index (χ3n) is 5.37. The molecule has 2 aliphatic rings. The van der Waals surface area contributed by atoms with Gasteiger partial charge in [0.05, 0.1) is 6.21 Å². The topological polar surface area (TPSA) is 30.8 Å². The van der Waals surface area contributed by atoms with Gasteiger partial charge >= 0.3 is 0 Å². The molecule has 1 atom stereocenters. The van der Waals surface area contributed by atoms with Crippen LogP contribution in [0.4, 0.5) is 4.39 Å². The SMILES string of the molecule is CC.CC.CC/C=C(/C)O/N=C/C(=C\CC)c1ccccc1.Cc1cccc2c1OC1CC(F)=CC=C21. The van der Waals surface area contributed by atoms with Gasteiger partial charge in [0.1, 0.15) is 23.4 Å². The molecule has 0 amide bonds. The van der Waals surface area contributed by atoms with Crippen molar-refractivity contribution in [3.05, 3.63) is 101 Å². The molecule has 0 spiro atoms. The Hall–Kier alpha value is -3.40. The summed E-state index contributed by atoms with van der Waals surface area (Å²) in [5, 5.41) is 4.02. The number of benzene rings is 2. The van der Waals surface area contributed by atoms with E-state index in [1.54, 1.807) is 6.21 Å². The number of rotatable bonds is 6. The summed E-state index contributed by atoms with van der Waals surface area (Å²) in [6.07, 6.45) is 11.4. The molecule has 2 aromatic rings. The van der Waals surface area contributed by atoms with Crippen LogP contribution in [0.3, 0.4) is 0 Å². The van der Waals surface area contributed by atoms with E-state index in [2.05, 4.69) is 37.2 Å². The number of aryl methyl sites for hydroxylation is 1. The smallest absolute Gasteiger partial charge is 0.131 e. The van der Waals surface area contributed by atoms with Crippen molar-refractivity contribution in [3.63, 3.8) is 0 Å². The maximum Gasteiger partial charge on any atom is 0.131 e. The van der Waals surface area contributed by atoms with Crippen LogP contribution in [-0.4, -0.2) is 12.3 Å². The zero-order valence-corrected chi connectivity index (χ0v) is 23.8. The maximum atomic E-state index is 13.1. The number of fused-ring (bicyclic) bond motifs is 3. The van der Waals surface area contributed by atoms with E-state index in [1.165, 1.54) is 6.08 Å². The Kier molecular flexibility index (Phi) is 15.3. The fourth-order valence-electron chi connectivity index (χ4n) is 3.78. The second-order valence-corrected chi connectivity index (χ2v) is 7.98. The van der Waals surface area contributed by atoms with Gasteiger partial charge in [0.2, 0.25) is 0 Å². The molecule has 0 bridgehead atoms. The highest BCUT2D eigenvalue weighted by Gasteiger charge is 2.31. The van der Waals surface area contributed by atoms with E-state index in [9.17, 15) is 4.39 Å². The third-order valence-corrected chi connectivity index (χ3v) is 5.37. The van der Waals surface area contributed by atoms with Gasteiger partial charge in [-0.05, 0) is 55.5 Å². The van der Waals surface area contributed by atoms with Crippen molar-refractivity contribution in [2.75, 3.05) is 0 Å². The fraction of sp³-hybridized carbons (Fsp3) is 0.364. The Morgan fingerprint density at radius 1 is 0.973 bits per heavy atom. The van der Waals surface area contributed by atoms with E-state index in [0.717, 1.165) is 52.2 Å². The number of oxime groups is 1. The minimum atomic E-state index is -0.119. The highest BCUT2D eigenvalue weighted by Crippen LogP contribution is 2.43. The van der Waals surface area contributed by atoms with E-state index in [4.69, 9.17) is 9.57 Å². The van der Waals surface area contributed by atoms with Crippen molar-refractivity contribution in [1.82, 2.24) is 0 Å². The summed E-state index contributed by atoms with van der Waals surface area (Å²) in [4.78, 5) is 5.27. The summed E-state index contributed by atoms with van der Waals surface area (Å²) in [5.74, 6) is 1.64. The summed E-state index contributed by atoms with van der Waals surface area (Å²) in [6, 6.07) is 16.3. The maximum absolute atomic E-state index is 13.1. The van der Waals surface area contributed by atoms with Crippen molar-refractivity contribution in [2.45, 2.75) is 80.8 Å². The molecular formula is C33H44FNO2. The van der Waals surface area contributed by atoms with Crippen LogP contribution in [0.2, 0.25) is 0 Å². The standard InChI is InChI=1S/C16H21NO.C13H11FO.2C2H6/c1-4-9-14(3)18-17-13-16(10-5-2)15-11-7-6-8-12-15;1-8-3-2-4-11-10-6-5-9(14)7-12(10)15-13(8)11;2*1-2/h6-13H,4-5H2,1-3H3;2-6,12H,7H2,1H3;2*1-2H3/b14-9-,16-10+,17-13+;;;. The summed E-state index contributed by atoms with van der Waals surface area (Å²) in [5.41, 5.74) is 5.58.